The maximum Gasteiger partial charge on any atom is 0.310 e. The summed E-state index contributed by atoms with van der Waals surface area (Å²) in [6.45, 7) is 1.28. The zero-order chi connectivity index (χ0) is 15.3. The number of rotatable bonds is 9. The van der Waals surface area contributed by atoms with Crippen molar-refractivity contribution < 1.29 is 24.2 Å². The summed E-state index contributed by atoms with van der Waals surface area (Å²) in [6, 6.07) is 0. The monoisotopic (exact) mass is 336 g/mol. The number of carbonyl (C=O) groups is 2. The Morgan fingerprint density at radius 1 is 1.37 bits per heavy atom. The number of aliphatic hydroxyl groups is 1. The van der Waals surface area contributed by atoms with Gasteiger partial charge >= 0.3 is 5.97 Å². The standard InChI is InChI=1S/C11H16Cl3FO4/c1-10(2-3-16,5-7(17)4-9(18)19)8(12)6-11(13,14)15/h8,16H,2-6H2,1H3,(H,18,19). The van der Waals surface area contributed by atoms with Crippen LogP contribution in [0.4, 0.5) is 4.39 Å². The predicted octanol–water partition coefficient (Wildman–Crippen LogP) is 2.91. The van der Waals surface area contributed by atoms with Crippen LogP contribution in [0.2, 0.25) is 0 Å². The average Bonchev–Trinajstić information content (AvgIpc) is 2.12. The first-order valence-corrected chi connectivity index (χ1v) is 6.74. The third-order valence-electron chi connectivity index (χ3n) is 2.80. The highest BCUT2D eigenvalue weighted by Crippen LogP contribution is 2.41. The van der Waals surface area contributed by atoms with Gasteiger partial charge in [-0.25, -0.2) is 4.39 Å². The number of hydrogen-bond acceptors (Lipinski definition) is 3. The molecule has 2 N–H and O–H groups in total. The van der Waals surface area contributed by atoms with E-state index in [0.29, 0.717) is 0 Å². The number of alkyl halides is 4. The number of hydrogen-bond donors (Lipinski definition) is 2. The molecular formula is C11H16Cl3FO4. The van der Waals surface area contributed by atoms with Crippen LogP contribution in [0.3, 0.4) is 0 Å². The van der Waals surface area contributed by atoms with Gasteiger partial charge < -0.3 is 10.2 Å². The summed E-state index contributed by atoms with van der Waals surface area (Å²) < 4.78 is 10.6. The second kappa shape index (κ2) is 7.62. The molecule has 0 amide bonds. The number of carboxylic acid groups (broad SMARTS) is 1. The van der Waals surface area contributed by atoms with Gasteiger partial charge in [0.05, 0.1) is 0 Å². The van der Waals surface area contributed by atoms with Crippen molar-refractivity contribution in [1.29, 1.82) is 0 Å². The van der Waals surface area contributed by atoms with Crippen LogP contribution in [0.25, 0.3) is 0 Å². The number of carboxylic acids is 1. The van der Waals surface area contributed by atoms with Gasteiger partial charge in [0.25, 0.3) is 4.59 Å². The van der Waals surface area contributed by atoms with Crippen molar-refractivity contribution in [2.24, 2.45) is 5.41 Å². The van der Waals surface area contributed by atoms with Gasteiger partial charge in [0.2, 0.25) is 0 Å². The Hall–Kier alpha value is -0.100. The lowest BCUT2D eigenvalue weighted by molar-refractivity contribution is -0.140. The van der Waals surface area contributed by atoms with Gasteiger partial charge in [0.1, 0.15) is 12.2 Å². The van der Waals surface area contributed by atoms with E-state index in [1.54, 1.807) is 6.92 Å². The number of aliphatic carboxylic acids is 1. The van der Waals surface area contributed by atoms with Crippen LogP contribution in [-0.4, -0.2) is 38.5 Å². The van der Waals surface area contributed by atoms with Crippen LogP contribution in [0, 0.1) is 5.41 Å². The molecule has 0 fully saturated rings. The molecule has 0 bridgehead atoms. The summed E-state index contributed by atoms with van der Waals surface area (Å²) >= 11 is 16.5. The molecule has 0 heterocycles. The Morgan fingerprint density at radius 3 is 2.26 bits per heavy atom. The lowest BCUT2D eigenvalue weighted by Gasteiger charge is -2.34. The van der Waals surface area contributed by atoms with Crippen LogP contribution in [0.15, 0.2) is 0 Å². The third kappa shape index (κ3) is 7.92. The summed E-state index contributed by atoms with van der Waals surface area (Å²) in [6.07, 6.45) is -1.17. The Balaban J connectivity index is 4.82. The molecule has 0 aromatic carbocycles. The molecule has 0 saturated carbocycles. The van der Waals surface area contributed by atoms with Crippen LogP contribution >= 0.6 is 34.8 Å². The van der Waals surface area contributed by atoms with Crippen molar-refractivity contribution in [1.82, 2.24) is 0 Å². The minimum Gasteiger partial charge on any atom is -0.481 e. The smallest absolute Gasteiger partial charge is 0.310 e. The van der Waals surface area contributed by atoms with Crippen LogP contribution in [0.1, 0.15) is 32.6 Å². The van der Waals surface area contributed by atoms with E-state index in [1.807, 2.05) is 0 Å². The zero-order valence-electron chi connectivity index (χ0n) is 10.3. The molecule has 0 aliphatic carbocycles. The van der Waals surface area contributed by atoms with Crippen molar-refractivity contribution in [3.8, 4) is 0 Å². The lowest BCUT2D eigenvalue weighted by Crippen LogP contribution is -2.35. The average molecular weight is 338 g/mol. The summed E-state index contributed by atoms with van der Waals surface area (Å²) in [5, 5.41) is 16.6. The molecule has 0 radical (unpaired) electrons. The number of Topliss-reactive ketones (excluding diaryl/α,β-unsaturated/α-hetero) is 1. The topological polar surface area (TPSA) is 74.6 Å². The van der Waals surface area contributed by atoms with Crippen molar-refractivity contribution in [2.45, 2.75) is 42.6 Å². The number of aliphatic hydroxyl groups excluding tert-OH is 1. The molecular weight excluding hydrogens is 321 g/mol. The van der Waals surface area contributed by atoms with Gasteiger partial charge in [-0.3, -0.25) is 9.59 Å². The summed E-state index contributed by atoms with van der Waals surface area (Å²) in [5.74, 6) is -1.81. The fourth-order valence-electron chi connectivity index (χ4n) is 1.74. The Bertz CT molecular complexity index is 332. The van der Waals surface area contributed by atoms with Gasteiger partial charge in [-0.2, -0.15) is 0 Å². The van der Waals surface area contributed by atoms with Crippen molar-refractivity contribution in [3.05, 3.63) is 0 Å². The highest BCUT2D eigenvalue weighted by atomic mass is 35.5. The van der Waals surface area contributed by atoms with Gasteiger partial charge in [-0.05, 0) is 11.8 Å². The molecule has 0 saturated heterocycles. The first kappa shape index (κ1) is 18.9. The summed E-state index contributed by atoms with van der Waals surface area (Å²) in [5.41, 5.74) is -0.982. The summed E-state index contributed by atoms with van der Waals surface area (Å²) in [4.78, 5) is 22.0. The maximum atomic E-state index is 13.2. The second-order valence-electron chi connectivity index (χ2n) is 4.70. The molecule has 2 atom stereocenters. The second-order valence-corrected chi connectivity index (χ2v) is 6.62. The first-order valence-electron chi connectivity index (χ1n) is 5.55. The molecule has 0 aromatic rings. The highest BCUT2D eigenvalue weighted by Gasteiger charge is 2.40. The molecule has 0 spiro atoms. The highest BCUT2D eigenvalue weighted by molar-refractivity contribution is 6.47. The van der Waals surface area contributed by atoms with E-state index < -0.39 is 40.0 Å². The first-order chi connectivity index (χ1) is 8.50. The van der Waals surface area contributed by atoms with E-state index in [2.05, 4.69) is 0 Å². The normalized spacial score (nSPS) is 16.7. The van der Waals surface area contributed by atoms with E-state index >= 15 is 0 Å². The Kier molecular flexibility index (Phi) is 7.58. The molecule has 0 rings (SSSR count). The largest absolute Gasteiger partial charge is 0.481 e. The maximum absolute atomic E-state index is 13.2. The van der Waals surface area contributed by atoms with E-state index in [9.17, 15) is 14.0 Å². The molecule has 112 valence electrons. The van der Waals surface area contributed by atoms with Gasteiger partial charge in [0.15, 0.2) is 0 Å². The van der Waals surface area contributed by atoms with Crippen molar-refractivity contribution in [2.75, 3.05) is 6.61 Å². The van der Waals surface area contributed by atoms with Crippen molar-refractivity contribution in [3.63, 3.8) is 0 Å². The Labute approximate surface area is 125 Å². The molecule has 2 unspecified atom stereocenters. The van der Waals surface area contributed by atoms with E-state index in [-0.39, 0.29) is 19.4 Å². The third-order valence-corrected chi connectivity index (χ3v) is 3.79. The molecule has 19 heavy (non-hydrogen) atoms. The minimum absolute atomic E-state index is 0.108. The minimum atomic E-state index is -2.54. The zero-order valence-corrected chi connectivity index (χ0v) is 12.6. The van der Waals surface area contributed by atoms with Gasteiger partial charge in [0, 0.05) is 24.8 Å². The molecule has 0 aliphatic rings. The molecule has 8 heteroatoms. The van der Waals surface area contributed by atoms with Crippen LogP contribution < -0.4 is 0 Å². The fourth-order valence-corrected chi connectivity index (χ4v) is 2.61. The fraction of sp³-hybridized carbons (Fsp3) is 0.818. The molecule has 4 nitrogen and oxygen atoms in total. The predicted molar refractivity (Wildman–Crippen MR) is 71.5 cm³/mol. The van der Waals surface area contributed by atoms with Crippen LogP contribution in [0.5, 0.6) is 0 Å². The summed E-state index contributed by atoms with van der Waals surface area (Å²) in [7, 11) is 0. The quantitative estimate of drug-likeness (QED) is 0.501. The number of carbonyl (C=O) groups excluding carboxylic acids is 1. The number of halogens is 4. The lowest BCUT2D eigenvalue weighted by atomic mass is 9.77. The van der Waals surface area contributed by atoms with Crippen LogP contribution in [-0.2, 0) is 9.59 Å². The van der Waals surface area contributed by atoms with Gasteiger partial charge in [-0.1, -0.05) is 30.1 Å². The van der Waals surface area contributed by atoms with E-state index in [1.165, 1.54) is 0 Å². The van der Waals surface area contributed by atoms with Gasteiger partial charge in [-0.15, -0.1) is 11.6 Å². The van der Waals surface area contributed by atoms with Crippen molar-refractivity contribution >= 4 is 46.6 Å². The molecule has 0 aromatic heterocycles. The van der Waals surface area contributed by atoms with E-state index in [0.717, 1.165) is 0 Å². The molecule has 0 aliphatic heterocycles. The number of ketones is 1. The van der Waals surface area contributed by atoms with E-state index in [4.69, 9.17) is 45.0 Å². The SMILES string of the molecule is CC(CCO)(CC(=O)CC(=O)O)C(Cl)CC(F)(Cl)Cl. The Morgan fingerprint density at radius 2 is 1.89 bits per heavy atom.